The summed E-state index contributed by atoms with van der Waals surface area (Å²) < 4.78 is 10.7. The van der Waals surface area contributed by atoms with Gasteiger partial charge in [-0.25, -0.2) is 4.79 Å². The fraction of sp³-hybridized carbons (Fsp3) is 0.474. The summed E-state index contributed by atoms with van der Waals surface area (Å²) in [5.74, 6) is 0.532. The van der Waals surface area contributed by atoms with E-state index in [1.54, 1.807) is 4.90 Å². The molecule has 1 saturated heterocycles. The smallest absolute Gasteiger partial charge is 0.317 e. The van der Waals surface area contributed by atoms with E-state index < -0.39 is 0 Å². The highest BCUT2D eigenvalue weighted by Gasteiger charge is 2.33. The Labute approximate surface area is 147 Å². The molecule has 25 heavy (non-hydrogen) atoms. The Morgan fingerprint density at radius 2 is 2.12 bits per heavy atom. The normalized spacial score (nSPS) is 20.5. The van der Waals surface area contributed by atoms with E-state index in [4.69, 9.17) is 9.15 Å². The topological polar surface area (TPSA) is 71.8 Å². The quantitative estimate of drug-likeness (QED) is 0.869. The minimum atomic E-state index is -0.189. The molecule has 0 saturated carbocycles. The maximum Gasteiger partial charge on any atom is 0.317 e. The molecule has 0 unspecified atom stereocenters. The van der Waals surface area contributed by atoms with Crippen LogP contribution in [0.3, 0.4) is 0 Å². The number of aryl methyl sites for hydroxylation is 1. The van der Waals surface area contributed by atoms with Crippen molar-refractivity contribution in [1.29, 1.82) is 0 Å². The van der Waals surface area contributed by atoms with Gasteiger partial charge in [0.05, 0.1) is 19.6 Å². The molecule has 1 aromatic heterocycles. The van der Waals surface area contributed by atoms with E-state index >= 15 is 0 Å². The van der Waals surface area contributed by atoms with Gasteiger partial charge in [-0.05, 0) is 25.3 Å². The number of fused-ring (bicyclic) bond motifs is 1. The average Bonchev–Trinajstić information content (AvgIpc) is 2.95. The lowest BCUT2D eigenvalue weighted by atomic mass is 9.87. The van der Waals surface area contributed by atoms with Crippen LogP contribution in [0.25, 0.3) is 11.0 Å². The molecule has 0 spiro atoms. The number of amides is 2. The monoisotopic (exact) mass is 344 g/mol. The number of carbonyl (C=O) groups excluding carboxylic acids is 2. The van der Waals surface area contributed by atoms with E-state index in [1.807, 2.05) is 38.1 Å². The van der Waals surface area contributed by atoms with Crippen LogP contribution in [0.2, 0.25) is 0 Å². The molecule has 1 aliphatic heterocycles. The number of esters is 1. The molecule has 6 nitrogen and oxygen atoms in total. The number of furan rings is 1. The van der Waals surface area contributed by atoms with Gasteiger partial charge in [0.2, 0.25) is 0 Å². The minimum absolute atomic E-state index is 0.0832. The highest BCUT2D eigenvalue weighted by Crippen LogP contribution is 2.26. The Morgan fingerprint density at radius 3 is 2.80 bits per heavy atom. The highest BCUT2D eigenvalue weighted by atomic mass is 16.5. The number of benzene rings is 1. The fourth-order valence-corrected chi connectivity index (χ4v) is 3.49. The van der Waals surface area contributed by atoms with E-state index in [9.17, 15) is 9.59 Å². The lowest BCUT2D eigenvalue weighted by molar-refractivity contribution is -0.148. The molecule has 2 heterocycles. The third kappa shape index (κ3) is 3.48. The predicted octanol–water partition coefficient (Wildman–Crippen LogP) is 3.08. The van der Waals surface area contributed by atoms with E-state index in [1.165, 1.54) is 7.11 Å². The molecule has 1 aliphatic rings. The molecule has 1 N–H and O–H groups in total. The Morgan fingerprint density at radius 1 is 1.36 bits per heavy atom. The number of piperidine rings is 1. The summed E-state index contributed by atoms with van der Waals surface area (Å²) in [6.45, 7) is 5.42. The number of likely N-dealkylation sites (tertiary alicyclic amines) is 1. The van der Waals surface area contributed by atoms with Gasteiger partial charge in [0.15, 0.2) is 0 Å². The van der Waals surface area contributed by atoms with Gasteiger partial charge in [-0.1, -0.05) is 25.1 Å². The summed E-state index contributed by atoms with van der Waals surface area (Å²) >= 11 is 0. The van der Waals surface area contributed by atoms with Crippen molar-refractivity contribution in [2.24, 2.45) is 11.8 Å². The second-order valence-corrected chi connectivity index (χ2v) is 6.65. The molecule has 6 heteroatoms. The number of rotatable bonds is 3. The molecule has 2 amide bonds. The van der Waals surface area contributed by atoms with Crippen molar-refractivity contribution < 1.29 is 18.7 Å². The Bertz CT molecular complexity index is 783. The van der Waals surface area contributed by atoms with E-state index in [0.29, 0.717) is 26.1 Å². The van der Waals surface area contributed by atoms with Gasteiger partial charge in [0.25, 0.3) is 0 Å². The summed E-state index contributed by atoms with van der Waals surface area (Å²) in [5, 5.41) is 3.99. The van der Waals surface area contributed by atoms with Crippen LogP contribution in [0, 0.1) is 18.8 Å². The fourth-order valence-electron chi connectivity index (χ4n) is 3.49. The maximum absolute atomic E-state index is 12.4. The van der Waals surface area contributed by atoms with Crippen molar-refractivity contribution in [2.45, 2.75) is 26.8 Å². The van der Waals surface area contributed by atoms with Crippen molar-refractivity contribution >= 4 is 23.0 Å². The molecule has 0 radical (unpaired) electrons. The van der Waals surface area contributed by atoms with Crippen LogP contribution in [0.1, 0.15) is 24.7 Å². The van der Waals surface area contributed by atoms with Crippen molar-refractivity contribution in [1.82, 2.24) is 10.2 Å². The lowest BCUT2D eigenvalue weighted by Gasteiger charge is -2.35. The van der Waals surface area contributed by atoms with Crippen LogP contribution in [0.5, 0.6) is 0 Å². The number of nitrogens with zero attached hydrogens (tertiary/aromatic N) is 1. The van der Waals surface area contributed by atoms with Crippen LogP contribution in [0.15, 0.2) is 28.7 Å². The standard InChI is InChI=1S/C19H24N2O4/c1-12-11-21(9-8-14(12)18(22)24-3)19(23)20-10-17-13(2)15-6-4-5-7-16(15)25-17/h4-7,12,14H,8-11H2,1-3H3,(H,20,23)/t12-,14-/m0/s1. The molecule has 2 atom stereocenters. The number of nitrogens with one attached hydrogen (secondary N) is 1. The van der Waals surface area contributed by atoms with Gasteiger partial charge in [0.1, 0.15) is 11.3 Å². The van der Waals surface area contributed by atoms with Crippen LogP contribution >= 0.6 is 0 Å². The number of hydrogen-bond donors (Lipinski definition) is 1. The van der Waals surface area contributed by atoms with Crippen LogP contribution in [0.4, 0.5) is 4.79 Å². The third-order valence-corrected chi connectivity index (χ3v) is 5.04. The van der Waals surface area contributed by atoms with Crippen molar-refractivity contribution in [3.63, 3.8) is 0 Å². The molecule has 0 aliphatic carbocycles. The predicted molar refractivity (Wildman–Crippen MR) is 94.0 cm³/mol. The molecular formula is C19H24N2O4. The zero-order valence-corrected chi connectivity index (χ0v) is 14.9. The first-order valence-corrected chi connectivity index (χ1v) is 8.59. The third-order valence-electron chi connectivity index (χ3n) is 5.04. The molecule has 1 fully saturated rings. The van der Waals surface area contributed by atoms with Gasteiger partial charge in [-0.15, -0.1) is 0 Å². The number of para-hydroxylation sites is 1. The molecule has 3 rings (SSSR count). The molecular weight excluding hydrogens is 320 g/mol. The van der Waals surface area contributed by atoms with Crippen molar-refractivity contribution in [3.05, 3.63) is 35.6 Å². The Kier molecular flexibility index (Phi) is 4.97. The number of urea groups is 1. The van der Waals surface area contributed by atoms with Crippen molar-refractivity contribution in [2.75, 3.05) is 20.2 Å². The molecule has 2 aromatic rings. The molecule has 1 aromatic carbocycles. The van der Waals surface area contributed by atoms with Crippen LogP contribution in [-0.4, -0.2) is 37.1 Å². The Balaban J connectivity index is 1.59. The van der Waals surface area contributed by atoms with E-state index in [0.717, 1.165) is 22.3 Å². The number of carbonyl (C=O) groups is 2. The van der Waals surface area contributed by atoms with Gasteiger partial charge in [0, 0.05) is 24.0 Å². The largest absolute Gasteiger partial charge is 0.469 e. The average molecular weight is 344 g/mol. The van der Waals surface area contributed by atoms with Crippen LogP contribution < -0.4 is 5.32 Å². The summed E-state index contributed by atoms with van der Waals surface area (Å²) in [6, 6.07) is 7.71. The summed E-state index contributed by atoms with van der Waals surface area (Å²) in [5.41, 5.74) is 1.88. The van der Waals surface area contributed by atoms with Gasteiger partial charge >= 0.3 is 12.0 Å². The number of hydrogen-bond acceptors (Lipinski definition) is 4. The zero-order valence-electron chi connectivity index (χ0n) is 14.9. The van der Waals surface area contributed by atoms with Crippen LogP contribution in [-0.2, 0) is 16.1 Å². The summed E-state index contributed by atoms with van der Waals surface area (Å²) in [6.07, 6.45) is 0.630. The second kappa shape index (κ2) is 7.17. The summed E-state index contributed by atoms with van der Waals surface area (Å²) in [7, 11) is 1.41. The first kappa shape index (κ1) is 17.3. The summed E-state index contributed by atoms with van der Waals surface area (Å²) in [4.78, 5) is 25.9. The minimum Gasteiger partial charge on any atom is -0.469 e. The van der Waals surface area contributed by atoms with Gasteiger partial charge in [-0.2, -0.15) is 0 Å². The Hall–Kier alpha value is -2.50. The van der Waals surface area contributed by atoms with Gasteiger partial charge in [-0.3, -0.25) is 4.79 Å². The number of methoxy groups -OCH3 is 1. The van der Waals surface area contributed by atoms with Crippen molar-refractivity contribution in [3.8, 4) is 0 Å². The van der Waals surface area contributed by atoms with E-state index in [2.05, 4.69) is 5.32 Å². The first-order valence-electron chi connectivity index (χ1n) is 8.59. The second-order valence-electron chi connectivity index (χ2n) is 6.65. The van der Waals surface area contributed by atoms with E-state index in [-0.39, 0.29) is 23.8 Å². The first-order chi connectivity index (χ1) is 12.0. The molecule has 134 valence electrons. The highest BCUT2D eigenvalue weighted by molar-refractivity contribution is 5.82. The van der Waals surface area contributed by atoms with Gasteiger partial charge < -0.3 is 19.4 Å². The zero-order chi connectivity index (χ0) is 18.0. The number of ether oxygens (including phenoxy) is 1. The lowest BCUT2D eigenvalue weighted by Crippen LogP contribution is -2.48. The molecule has 0 bridgehead atoms. The maximum atomic E-state index is 12.4. The SMILES string of the molecule is COC(=O)[C@H]1CCN(C(=O)NCc2oc3ccccc3c2C)C[C@@H]1C.